The van der Waals surface area contributed by atoms with E-state index in [-0.39, 0.29) is 6.10 Å². The van der Waals surface area contributed by atoms with Crippen LogP contribution in [0.2, 0.25) is 0 Å². The Morgan fingerprint density at radius 3 is 2.63 bits per heavy atom. The van der Waals surface area contributed by atoms with Crippen LogP contribution < -0.4 is 5.32 Å². The van der Waals surface area contributed by atoms with Crippen molar-refractivity contribution in [3.05, 3.63) is 48.0 Å². The van der Waals surface area contributed by atoms with Crippen LogP contribution in [0.3, 0.4) is 0 Å². The molecule has 0 unspecified atom stereocenters. The molecule has 30 heavy (non-hydrogen) atoms. The maximum Gasteiger partial charge on any atom is 0.178 e. The summed E-state index contributed by atoms with van der Waals surface area (Å²) >= 11 is 0. The van der Waals surface area contributed by atoms with Crippen molar-refractivity contribution in [2.75, 3.05) is 18.4 Å². The maximum atomic E-state index is 9.67. The van der Waals surface area contributed by atoms with E-state index >= 15 is 0 Å². The largest absolute Gasteiger partial charge is 0.393 e. The number of aliphatic hydroxyl groups excluding tert-OH is 1. The fourth-order valence-corrected chi connectivity index (χ4v) is 4.76. The van der Waals surface area contributed by atoms with Gasteiger partial charge in [-0.25, -0.2) is 14.5 Å². The number of fused-ring (bicyclic) bond motifs is 1. The maximum absolute atomic E-state index is 9.67. The highest BCUT2D eigenvalue weighted by molar-refractivity contribution is 5.72. The lowest BCUT2D eigenvalue weighted by atomic mass is 9.85. The minimum absolute atomic E-state index is 0.135. The van der Waals surface area contributed by atoms with Crippen LogP contribution in [-0.4, -0.2) is 48.8 Å². The molecule has 2 fully saturated rings. The number of nitrogens with zero attached hydrogens (tertiary/aromatic N) is 5. The number of aliphatic hydroxyl groups is 1. The molecule has 0 aromatic carbocycles. The SMILES string of the molecule is OC1CCN(Cc2ccc(Nc3cc(C4CCCCC4)cn4ncnc34)nc2)CC1. The third-order valence-corrected chi connectivity index (χ3v) is 6.52. The molecule has 3 aromatic rings. The molecule has 0 atom stereocenters. The Hall–Kier alpha value is -2.51. The number of piperidine rings is 1. The fraction of sp³-hybridized carbons (Fsp3) is 0.522. The van der Waals surface area contributed by atoms with Crippen molar-refractivity contribution < 1.29 is 5.11 Å². The number of hydrogen-bond donors (Lipinski definition) is 2. The Labute approximate surface area is 177 Å². The number of likely N-dealkylation sites (tertiary alicyclic amines) is 1. The third-order valence-electron chi connectivity index (χ3n) is 6.52. The summed E-state index contributed by atoms with van der Waals surface area (Å²) in [5.74, 6) is 1.42. The molecule has 0 bridgehead atoms. The molecule has 0 amide bonds. The summed E-state index contributed by atoms with van der Waals surface area (Å²) in [4.78, 5) is 11.5. The summed E-state index contributed by atoms with van der Waals surface area (Å²) in [6, 6.07) is 6.40. The summed E-state index contributed by atoms with van der Waals surface area (Å²) in [5, 5.41) is 17.5. The lowest BCUT2D eigenvalue weighted by Gasteiger charge is -2.29. The van der Waals surface area contributed by atoms with Crippen LogP contribution >= 0.6 is 0 Å². The molecule has 1 aliphatic carbocycles. The molecule has 5 rings (SSSR count). The van der Waals surface area contributed by atoms with Crippen LogP contribution in [0.25, 0.3) is 5.65 Å². The molecule has 0 spiro atoms. The van der Waals surface area contributed by atoms with Gasteiger partial charge in [0.05, 0.1) is 11.8 Å². The highest BCUT2D eigenvalue weighted by Crippen LogP contribution is 2.34. The third kappa shape index (κ3) is 4.32. The van der Waals surface area contributed by atoms with Crippen molar-refractivity contribution in [1.82, 2.24) is 24.5 Å². The highest BCUT2D eigenvalue weighted by atomic mass is 16.3. The number of aromatic nitrogens is 4. The fourth-order valence-electron chi connectivity index (χ4n) is 4.76. The topological polar surface area (TPSA) is 78.6 Å². The molecule has 1 aliphatic heterocycles. The van der Waals surface area contributed by atoms with Gasteiger partial charge in [0.1, 0.15) is 12.1 Å². The smallest absolute Gasteiger partial charge is 0.178 e. The van der Waals surface area contributed by atoms with E-state index < -0.39 is 0 Å². The first kappa shape index (κ1) is 19.5. The molecular weight excluding hydrogens is 376 g/mol. The first-order valence-electron chi connectivity index (χ1n) is 11.2. The van der Waals surface area contributed by atoms with Gasteiger partial charge in [-0.05, 0) is 54.9 Å². The van der Waals surface area contributed by atoms with E-state index in [4.69, 9.17) is 0 Å². The van der Waals surface area contributed by atoms with Crippen molar-refractivity contribution in [2.24, 2.45) is 0 Å². The van der Waals surface area contributed by atoms with Crippen LogP contribution in [0.4, 0.5) is 11.5 Å². The van der Waals surface area contributed by atoms with E-state index in [1.54, 1.807) is 6.33 Å². The van der Waals surface area contributed by atoms with Crippen LogP contribution in [0.5, 0.6) is 0 Å². The van der Waals surface area contributed by atoms with Gasteiger partial charge in [-0.3, -0.25) is 4.90 Å². The zero-order valence-electron chi connectivity index (χ0n) is 17.4. The van der Waals surface area contributed by atoms with E-state index in [9.17, 15) is 5.11 Å². The summed E-state index contributed by atoms with van der Waals surface area (Å²) in [7, 11) is 0. The van der Waals surface area contributed by atoms with Gasteiger partial charge in [-0.1, -0.05) is 25.3 Å². The van der Waals surface area contributed by atoms with Crippen molar-refractivity contribution in [3.8, 4) is 0 Å². The van der Waals surface area contributed by atoms with Crippen LogP contribution in [-0.2, 0) is 6.54 Å². The molecular formula is C23H30N6O. The Morgan fingerprint density at radius 1 is 1.03 bits per heavy atom. The van der Waals surface area contributed by atoms with Crippen molar-refractivity contribution >= 4 is 17.2 Å². The Kier molecular flexibility index (Phi) is 5.64. The second-order valence-corrected chi connectivity index (χ2v) is 8.73. The first-order valence-corrected chi connectivity index (χ1v) is 11.2. The van der Waals surface area contributed by atoms with Gasteiger partial charge >= 0.3 is 0 Å². The van der Waals surface area contributed by atoms with E-state index in [2.05, 4.69) is 43.6 Å². The molecule has 158 valence electrons. The van der Waals surface area contributed by atoms with Gasteiger partial charge in [0, 0.05) is 32.0 Å². The van der Waals surface area contributed by atoms with Crippen molar-refractivity contribution in [1.29, 1.82) is 0 Å². The highest BCUT2D eigenvalue weighted by Gasteiger charge is 2.19. The van der Waals surface area contributed by atoms with Crippen LogP contribution in [0, 0.1) is 0 Å². The molecule has 2 aliphatic rings. The number of rotatable bonds is 5. The Balaban J connectivity index is 1.31. The van der Waals surface area contributed by atoms with E-state index in [1.807, 2.05) is 16.8 Å². The monoisotopic (exact) mass is 406 g/mol. The van der Waals surface area contributed by atoms with E-state index in [0.29, 0.717) is 5.92 Å². The molecule has 0 radical (unpaired) electrons. The van der Waals surface area contributed by atoms with Gasteiger partial charge < -0.3 is 10.4 Å². The van der Waals surface area contributed by atoms with Gasteiger partial charge in [-0.15, -0.1) is 0 Å². The van der Waals surface area contributed by atoms with E-state index in [1.165, 1.54) is 43.2 Å². The van der Waals surface area contributed by atoms with Gasteiger partial charge in [0.25, 0.3) is 0 Å². The van der Waals surface area contributed by atoms with Crippen LogP contribution in [0.15, 0.2) is 36.9 Å². The lowest BCUT2D eigenvalue weighted by molar-refractivity contribution is 0.0792. The molecule has 3 aromatic heterocycles. The molecule has 1 saturated heterocycles. The van der Waals surface area contributed by atoms with Gasteiger partial charge in [0.2, 0.25) is 0 Å². The number of nitrogens with one attached hydrogen (secondary N) is 1. The number of pyridine rings is 2. The zero-order chi connectivity index (χ0) is 20.3. The average Bonchev–Trinajstić information content (AvgIpc) is 3.26. The Morgan fingerprint density at radius 2 is 1.87 bits per heavy atom. The van der Waals surface area contributed by atoms with Gasteiger partial charge in [0.15, 0.2) is 5.65 Å². The number of hydrogen-bond acceptors (Lipinski definition) is 6. The zero-order valence-corrected chi connectivity index (χ0v) is 17.4. The first-order chi connectivity index (χ1) is 14.7. The summed E-state index contributed by atoms with van der Waals surface area (Å²) in [5.41, 5.74) is 4.31. The predicted molar refractivity (Wildman–Crippen MR) is 117 cm³/mol. The minimum Gasteiger partial charge on any atom is -0.393 e. The summed E-state index contributed by atoms with van der Waals surface area (Å²) in [6.45, 7) is 2.77. The van der Waals surface area contributed by atoms with E-state index in [0.717, 1.165) is 49.6 Å². The van der Waals surface area contributed by atoms with Crippen molar-refractivity contribution in [3.63, 3.8) is 0 Å². The minimum atomic E-state index is -0.135. The molecule has 7 heteroatoms. The molecule has 1 saturated carbocycles. The Bertz CT molecular complexity index is 971. The second-order valence-electron chi connectivity index (χ2n) is 8.73. The summed E-state index contributed by atoms with van der Waals surface area (Å²) in [6.07, 6.45) is 13.7. The predicted octanol–water partition coefficient (Wildman–Crippen LogP) is 3.87. The molecule has 7 nitrogen and oxygen atoms in total. The van der Waals surface area contributed by atoms with Crippen LogP contribution in [0.1, 0.15) is 62.0 Å². The molecule has 4 heterocycles. The number of anilines is 2. The summed E-state index contributed by atoms with van der Waals surface area (Å²) < 4.78 is 1.88. The standard InChI is InChI=1S/C23H30N6O/c30-20-8-10-28(11-9-20)14-17-6-7-22(24-13-17)27-21-12-19(18-4-2-1-3-5-18)15-29-23(21)25-16-26-29/h6-7,12-13,15-16,18,20,30H,1-5,8-11,14H2,(H,24,27). The average molecular weight is 407 g/mol. The molecule has 2 N–H and O–H groups in total. The van der Waals surface area contributed by atoms with Gasteiger partial charge in [-0.2, -0.15) is 5.10 Å². The normalized spacial score (nSPS) is 19.4. The second kappa shape index (κ2) is 8.70. The lowest BCUT2D eigenvalue weighted by Crippen LogP contribution is -2.35. The quantitative estimate of drug-likeness (QED) is 0.670. The van der Waals surface area contributed by atoms with Crippen molar-refractivity contribution in [2.45, 2.75) is 63.5 Å².